The zero-order valence-corrected chi connectivity index (χ0v) is 14.5. The molecule has 3 N–H and O–H groups in total. The standard InChI is InChI=1S/C10H21N.C7H8O3S/c1-2-3-4-5-6-7-8-9-10-11;1-6-2-4-7(5-3-6)11(8,9)10/h8-9H,2-7,10-11H2,1H3;2-5H,1H3,(H,8,9,10). The van der Waals surface area contributed by atoms with Gasteiger partial charge in [0.1, 0.15) is 0 Å². The van der Waals surface area contributed by atoms with Crippen molar-refractivity contribution in [2.45, 2.75) is 57.3 Å². The molecule has 0 unspecified atom stereocenters. The van der Waals surface area contributed by atoms with Crippen LogP contribution in [0.2, 0.25) is 0 Å². The molecule has 1 aromatic carbocycles. The molecule has 126 valence electrons. The molecule has 0 heterocycles. The number of aryl methyl sites for hydroxylation is 1. The third-order valence-electron chi connectivity index (χ3n) is 3.10. The number of allylic oxidation sites excluding steroid dienone is 1. The maximum atomic E-state index is 10.5. The molecule has 0 spiro atoms. The highest BCUT2D eigenvalue weighted by atomic mass is 32.2. The molecule has 5 heteroatoms. The molecule has 0 bridgehead atoms. The molecule has 0 aromatic heterocycles. The lowest BCUT2D eigenvalue weighted by Crippen LogP contribution is -1.96. The molecule has 0 aliphatic carbocycles. The fourth-order valence-electron chi connectivity index (χ4n) is 1.79. The van der Waals surface area contributed by atoms with Crippen molar-refractivity contribution >= 4 is 10.1 Å². The summed E-state index contributed by atoms with van der Waals surface area (Å²) < 4.78 is 29.6. The predicted molar refractivity (Wildman–Crippen MR) is 92.6 cm³/mol. The van der Waals surface area contributed by atoms with Gasteiger partial charge in [0.15, 0.2) is 0 Å². The van der Waals surface area contributed by atoms with Crippen LogP contribution in [-0.4, -0.2) is 19.5 Å². The van der Waals surface area contributed by atoms with E-state index in [9.17, 15) is 8.42 Å². The van der Waals surface area contributed by atoms with Crippen LogP contribution >= 0.6 is 0 Å². The van der Waals surface area contributed by atoms with Crippen LogP contribution in [0.5, 0.6) is 0 Å². The van der Waals surface area contributed by atoms with Gasteiger partial charge in [-0.15, -0.1) is 0 Å². The second-order valence-electron chi connectivity index (χ2n) is 5.20. The average molecular weight is 327 g/mol. The van der Waals surface area contributed by atoms with Crippen LogP contribution in [0.4, 0.5) is 0 Å². The zero-order valence-electron chi connectivity index (χ0n) is 13.7. The lowest BCUT2D eigenvalue weighted by Gasteiger charge is -1.95. The number of unbranched alkanes of at least 4 members (excludes halogenated alkanes) is 5. The summed E-state index contributed by atoms with van der Waals surface area (Å²) in [6.45, 7) is 4.77. The molecule has 0 aliphatic heterocycles. The Balaban J connectivity index is 0.000000401. The summed E-state index contributed by atoms with van der Waals surface area (Å²) in [6, 6.07) is 5.99. The lowest BCUT2D eigenvalue weighted by atomic mass is 10.1. The van der Waals surface area contributed by atoms with Crippen LogP contribution < -0.4 is 5.73 Å². The average Bonchev–Trinajstić information content (AvgIpc) is 2.47. The van der Waals surface area contributed by atoms with Crippen molar-refractivity contribution in [1.29, 1.82) is 0 Å². The first-order valence-electron chi connectivity index (χ1n) is 7.81. The van der Waals surface area contributed by atoms with Gasteiger partial charge in [-0.3, -0.25) is 4.55 Å². The molecule has 0 atom stereocenters. The highest BCUT2D eigenvalue weighted by molar-refractivity contribution is 7.85. The van der Waals surface area contributed by atoms with E-state index >= 15 is 0 Å². The van der Waals surface area contributed by atoms with Crippen molar-refractivity contribution in [3.63, 3.8) is 0 Å². The van der Waals surface area contributed by atoms with Crippen molar-refractivity contribution in [3.8, 4) is 0 Å². The SMILES string of the molecule is CCCCCCCC=CCN.Cc1ccc(S(=O)(=O)O)cc1. The summed E-state index contributed by atoms with van der Waals surface area (Å²) in [4.78, 5) is -0.0666. The van der Waals surface area contributed by atoms with Gasteiger partial charge in [-0.25, -0.2) is 0 Å². The maximum absolute atomic E-state index is 10.5. The molecule has 0 amide bonds. The van der Waals surface area contributed by atoms with Gasteiger partial charge in [-0.1, -0.05) is 62.5 Å². The number of nitrogens with two attached hydrogens (primary N) is 1. The van der Waals surface area contributed by atoms with Crippen molar-refractivity contribution < 1.29 is 13.0 Å². The summed E-state index contributed by atoms with van der Waals surface area (Å²) in [7, 11) is -4.02. The fourth-order valence-corrected chi connectivity index (χ4v) is 2.27. The highest BCUT2D eigenvalue weighted by Gasteiger charge is 2.06. The number of benzene rings is 1. The van der Waals surface area contributed by atoms with Gasteiger partial charge in [0.05, 0.1) is 4.90 Å². The van der Waals surface area contributed by atoms with E-state index in [1.807, 2.05) is 13.0 Å². The van der Waals surface area contributed by atoms with Gasteiger partial charge in [0.25, 0.3) is 10.1 Å². The Kier molecular flexibility index (Phi) is 11.7. The molecule has 0 aliphatic rings. The topological polar surface area (TPSA) is 80.4 Å². The van der Waals surface area contributed by atoms with Crippen molar-refractivity contribution in [2.75, 3.05) is 6.54 Å². The van der Waals surface area contributed by atoms with Gasteiger partial charge in [-0.2, -0.15) is 8.42 Å². The molecule has 0 radical (unpaired) electrons. The predicted octanol–water partition coefficient (Wildman–Crippen LogP) is 4.10. The van der Waals surface area contributed by atoms with Crippen LogP contribution in [0, 0.1) is 6.92 Å². The third-order valence-corrected chi connectivity index (χ3v) is 3.96. The third kappa shape index (κ3) is 11.5. The van der Waals surface area contributed by atoms with E-state index in [2.05, 4.69) is 13.0 Å². The Morgan fingerprint density at radius 1 is 1.05 bits per heavy atom. The van der Waals surface area contributed by atoms with Crippen LogP contribution in [0.15, 0.2) is 41.3 Å². The van der Waals surface area contributed by atoms with E-state index in [4.69, 9.17) is 10.3 Å². The first-order valence-corrected chi connectivity index (χ1v) is 9.25. The van der Waals surface area contributed by atoms with Crippen LogP contribution in [-0.2, 0) is 10.1 Å². The Morgan fingerprint density at radius 2 is 1.64 bits per heavy atom. The second-order valence-corrected chi connectivity index (χ2v) is 6.62. The minimum atomic E-state index is -4.02. The van der Waals surface area contributed by atoms with Gasteiger partial charge < -0.3 is 5.73 Å². The van der Waals surface area contributed by atoms with E-state index in [1.54, 1.807) is 12.1 Å². The molecule has 0 saturated heterocycles. The maximum Gasteiger partial charge on any atom is 0.294 e. The summed E-state index contributed by atoms with van der Waals surface area (Å²) in [5.41, 5.74) is 6.26. The number of rotatable bonds is 8. The molecule has 1 aromatic rings. The highest BCUT2D eigenvalue weighted by Crippen LogP contribution is 2.08. The molecular formula is C17H29NO3S. The van der Waals surface area contributed by atoms with Gasteiger partial charge in [0, 0.05) is 6.54 Å². The van der Waals surface area contributed by atoms with Crippen LogP contribution in [0.3, 0.4) is 0 Å². The minimum Gasteiger partial charge on any atom is -0.327 e. The zero-order chi connectivity index (χ0) is 16.8. The molecule has 1 rings (SSSR count). The Hall–Kier alpha value is -1.17. The summed E-state index contributed by atoms with van der Waals surface area (Å²) in [6.07, 6.45) is 12.3. The van der Waals surface area contributed by atoms with E-state index in [0.717, 1.165) is 5.56 Å². The quantitative estimate of drug-likeness (QED) is 0.428. The Morgan fingerprint density at radius 3 is 2.14 bits per heavy atom. The normalized spacial score (nSPS) is 11.3. The smallest absolute Gasteiger partial charge is 0.294 e. The first kappa shape index (κ1) is 20.8. The Labute approximate surface area is 135 Å². The molecule has 0 saturated carbocycles. The summed E-state index contributed by atoms with van der Waals surface area (Å²) >= 11 is 0. The van der Waals surface area contributed by atoms with E-state index in [0.29, 0.717) is 6.54 Å². The van der Waals surface area contributed by atoms with Crippen molar-refractivity contribution in [1.82, 2.24) is 0 Å². The Bertz CT molecular complexity index is 507. The van der Waals surface area contributed by atoms with Gasteiger partial charge >= 0.3 is 0 Å². The summed E-state index contributed by atoms with van der Waals surface area (Å²) in [5, 5.41) is 0. The fraction of sp³-hybridized carbons (Fsp3) is 0.529. The minimum absolute atomic E-state index is 0.0666. The second kappa shape index (κ2) is 12.4. The van der Waals surface area contributed by atoms with Gasteiger partial charge in [-0.05, 0) is 31.9 Å². The van der Waals surface area contributed by atoms with Crippen LogP contribution in [0.25, 0.3) is 0 Å². The van der Waals surface area contributed by atoms with Gasteiger partial charge in [0.2, 0.25) is 0 Å². The number of hydrogen-bond donors (Lipinski definition) is 2. The number of hydrogen-bond acceptors (Lipinski definition) is 3. The van der Waals surface area contributed by atoms with E-state index < -0.39 is 10.1 Å². The largest absolute Gasteiger partial charge is 0.327 e. The van der Waals surface area contributed by atoms with E-state index in [1.165, 1.54) is 50.7 Å². The van der Waals surface area contributed by atoms with Crippen molar-refractivity contribution in [2.24, 2.45) is 5.73 Å². The lowest BCUT2D eigenvalue weighted by molar-refractivity contribution is 0.483. The van der Waals surface area contributed by atoms with Crippen molar-refractivity contribution in [3.05, 3.63) is 42.0 Å². The van der Waals surface area contributed by atoms with E-state index in [-0.39, 0.29) is 4.90 Å². The molecule has 0 fully saturated rings. The monoisotopic (exact) mass is 327 g/mol. The van der Waals surface area contributed by atoms with Crippen LogP contribution in [0.1, 0.15) is 51.0 Å². The summed E-state index contributed by atoms with van der Waals surface area (Å²) in [5.74, 6) is 0. The molecule has 22 heavy (non-hydrogen) atoms. The first-order chi connectivity index (χ1) is 10.4. The molecule has 4 nitrogen and oxygen atoms in total. The molecular weight excluding hydrogens is 298 g/mol.